The summed E-state index contributed by atoms with van der Waals surface area (Å²) in [6.07, 6.45) is 2.34. The van der Waals surface area contributed by atoms with Crippen LogP contribution in [0.1, 0.15) is 36.4 Å². The Bertz CT molecular complexity index is 691. The van der Waals surface area contributed by atoms with Crippen LogP contribution < -0.4 is 11.1 Å². The first kappa shape index (κ1) is 16.9. The predicted molar refractivity (Wildman–Crippen MR) is 93.2 cm³/mol. The van der Waals surface area contributed by atoms with E-state index in [4.69, 9.17) is 17.3 Å². The van der Waals surface area contributed by atoms with Crippen molar-refractivity contribution in [3.8, 4) is 0 Å². The monoisotopic (exact) mass is 346 g/mol. The Morgan fingerprint density at radius 1 is 1.17 bits per heavy atom. The summed E-state index contributed by atoms with van der Waals surface area (Å²) in [5.41, 5.74) is 7.42. The van der Waals surface area contributed by atoms with Gasteiger partial charge >= 0.3 is 0 Å². The molecule has 0 aromatic heterocycles. The molecule has 3 atom stereocenters. The summed E-state index contributed by atoms with van der Waals surface area (Å²) in [4.78, 5) is 12.6. The molecule has 5 heteroatoms. The molecule has 0 aliphatic heterocycles. The molecule has 1 aliphatic carbocycles. The molecule has 3 rings (SSSR count). The minimum Gasteiger partial charge on any atom is -0.345 e. The summed E-state index contributed by atoms with van der Waals surface area (Å²) in [7, 11) is 0. The molecule has 0 saturated heterocycles. The van der Waals surface area contributed by atoms with Gasteiger partial charge in [0.15, 0.2) is 0 Å². The number of halogens is 2. The summed E-state index contributed by atoms with van der Waals surface area (Å²) in [6, 6.07) is 13.2. The van der Waals surface area contributed by atoms with Crippen molar-refractivity contribution in [2.75, 3.05) is 0 Å². The van der Waals surface area contributed by atoms with Gasteiger partial charge in [0, 0.05) is 17.0 Å². The van der Waals surface area contributed by atoms with Crippen LogP contribution >= 0.6 is 11.6 Å². The van der Waals surface area contributed by atoms with Gasteiger partial charge in [0.2, 0.25) is 5.91 Å². The van der Waals surface area contributed by atoms with E-state index in [1.165, 1.54) is 12.1 Å². The van der Waals surface area contributed by atoms with Gasteiger partial charge in [-0.25, -0.2) is 4.39 Å². The Morgan fingerprint density at radius 3 is 2.50 bits per heavy atom. The lowest BCUT2D eigenvalue weighted by Crippen LogP contribution is -2.34. The zero-order valence-corrected chi connectivity index (χ0v) is 14.0. The zero-order chi connectivity index (χ0) is 17.1. The molecular weight excluding hydrogens is 327 g/mol. The Balaban J connectivity index is 1.89. The number of benzene rings is 2. The van der Waals surface area contributed by atoms with Gasteiger partial charge in [0.25, 0.3) is 0 Å². The van der Waals surface area contributed by atoms with Crippen LogP contribution in [0, 0.1) is 11.7 Å². The molecule has 1 amide bonds. The van der Waals surface area contributed by atoms with Gasteiger partial charge in [0.05, 0.1) is 6.04 Å². The highest BCUT2D eigenvalue weighted by Crippen LogP contribution is 2.28. The lowest BCUT2D eigenvalue weighted by atomic mass is 9.97. The molecule has 1 aliphatic rings. The standard InChI is InChI=1S/C19H20ClFN2O/c20-15-5-1-3-12(9-15)18(13-4-2-6-16(21)10-13)23-19(24)14-7-8-17(22)11-14/h1-6,9-10,14,17-18H,7-8,11,22H2,(H,23,24). The molecular formula is C19H20ClFN2O. The van der Waals surface area contributed by atoms with E-state index >= 15 is 0 Å². The molecule has 3 nitrogen and oxygen atoms in total. The highest BCUT2D eigenvalue weighted by Gasteiger charge is 2.29. The topological polar surface area (TPSA) is 55.1 Å². The molecule has 126 valence electrons. The van der Waals surface area contributed by atoms with Gasteiger partial charge in [-0.1, -0.05) is 35.9 Å². The van der Waals surface area contributed by atoms with Gasteiger partial charge in [-0.3, -0.25) is 4.79 Å². The quantitative estimate of drug-likeness (QED) is 0.884. The third kappa shape index (κ3) is 3.94. The summed E-state index contributed by atoms with van der Waals surface area (Å²) >= 11 is 6.09. The molecule has 2 aromatic carbocycles. The first-order chi connectivity index (χ1) is 11.5. The molecule has 24 heavy (non-hydrogen) atoms. The van der Waals surface area contributed by atoms with Crippen LogP contribution in [0.3, 0.4) is 0 Å². The minimum atomic E-state index is -0.441. The zero-order valence-electron chi connectivity index (χ0n) is 13.2. The van der Waals surface area contributed by atoms with E-state index in [-0.39, 0.29) is 23.7 Å². The maximum atomic E-state index is 13.7. The van der Waals surface area contributed by atoms with Crippen molar-refractivity contribution in [1.29, 1.82) is 0 Å². The fourth-order valence-corrected chi connectivity index (χ4v) is 3.44. The molecule has 2 aromatic rings. The molecule has 1 saturated carbocycles. The third-order valence-corrected chi connectivity index (χ3v) is 4.73. The van der Waals surface area contributed by atoms with Gasteiger partial charge in [-0.2, -0.15) is 0 Å². The van der Waals surface area contributed by atoms with Crippen molar-refractivity contribution in [2.45, 2.75) is 31.3 Å². The number of carbonyl (C=O) groups is 1. The fourth-order valence-electron chi connectivity index (χ4n) is 3.25. The number of amides is 1. The van der Waals surface area contributed by atoms with Crippen LogP contribution in [-0.4, -0.2) is 11.9 Å². The lowest BCUT2D eigenvalue weighted by Gasteiger charge is -2.22. The van der Waals surface area contributed by atoms with E-state index in [2.05, 4.69) is 5.32 Å². The molecule has 0 heterocycles. The highest BCUT2D eigenvalue weighted by atomic mass is 35.5. The smallest absolute Gasteiger partial charge is 0.223 e. The van der Waals surface area contributed by atoms with Gasteiger partial charge < -0.3 is 11.1 Å². The first-order valence-corrected chi connectivity index (χ1v) is 8.47. The van der Waals surface area contributed by atoms with E-state index < -0.39 is 6.04 Å². The third-order valence-electron chi connectivity index (χ3n) is 4.49. The van der Waals surface area contributed by atoms with Crippen LogP contribution in [0.25, 0.3) is 0 Å². The van der Waals surface area contributed by atoms with E-state index in [0.29, 0.717) is 17.0 Å². The number of rotatable bonds is 4. The van der Waals surface area contributed by atoms with Gasteiger partial charge in [-0.15, -0.1) is 0 Å². The van der Waals surface area contributed by atoms with Crippen molar-refractivity contribution < 1.29 is 9.18 Å². The second-order valence-corrected chi connectivity index (χ2v) is 6.76. The summed E-state index contributed by atoms with van der Waals surface area (Å²) < 4.78 is 13.7. The molecule has 3 N–H and O–H groups in total. The second kappa shape index (κ2) is 7.32. The van der Waals surface area contributed by atoms with Crippen molar-refractivity contribution in [2.24, 2.45) is 11.7 Å². The Hall–Kier alpha value is -1.91. The SMILES string of the molecule is NC1CCC(C(=O)NC(c2cccc(F)c2)c2cccc(Cl)c2)C1. The number of hydrogen-bond donors (Lipinski definition) is 2. The highest BCUT2D eigenvalue weighted by molar-refractivity contribution is 6.30. The van der Waals surface area contributed by atoms with Crippen molar-refractivity contribution >= 4 is 17.5 Å². The summed E-state index contributed by atoms with van der Waals surface area (Å²) in [5.74, 6) is -0.468. The molecule has 1 fully saturated rings. The van der Waals surface area contributed by atoms with Crippen LogP contribution in [0.2, 0.25) is 5.02 Å². The minimum absolute atomic E-state index is 0.0443. The normalized spacial score (nSPS) is 21.5. The van der Waals surface area contributed by atoms with Crippen molar-refractivity contribution in [3.63, 3.8) is 0 Å². The average molecular weight is 347 g/mol. The number of carbonyl (C=O) groups excluding carboxylic acids is 1. The van der Waals surface area contributed by atoms with Crippen molar-refractivity contribution in [1.82, 2.24) is 5.32 Å². The van der Waals surface area contributed by atoms with Crippen LogP contribution in [0.4, 0.5) is 4.39 Å². The molecule has 0 spiro atoms. The van der Waals surface area contributed by atoms with Gasteiger partial charge in [-0.05, 0) is 54.7 Å². The van der Waals surface area contributed by atoms with Crippen LogP contribution in [0.15, 0.2) is 48.5 Å². The summed E-state index contributed by atoms with van der Waals surface area (Å²) in [6.45, 7) is 0. The fraction of sp³-hybridized carbons (Fsp3) is 0.316. The van der Waals surface area contributed by atoms with E-state index in [1.807, 2.05) is 12.1 Å². The maximum absolute atomic E-state index is 13.7. The number of hydrogen-bond acceptors (Lipinski definition) is 2. The number of nitrogens with two attached hydrogens (primary N) is 1. The predicted octanol–water partition coefficient (Wildman–Crippen LogP) is 3.81. The number of nitrogens with one attached hydrogen (secondary N) is 1. The Kier molecular flexibility index (Phi) is 5.17. The Morgan fingerprint density at radius 2 is 1.88 bits per heavy atom. The maximum Gasteiger partial charge on any atom is 0.223 e. The molecule has 3 unspecified atom stereocenters. The summed E-state index contributed by atoms with van der Waals surface area (Å²) in [5, 5.41) is 3.62. The first-order valence-electron chi connectivity index (χ1n) is 8.10. The largest absolute Gasteiger partial charge is 0.345 e. The lowest BCUT2D eigenvalue weighted by molar-refractivity contribution is -0.125. The van der Waals surface area contributed by atoms with E-state index in [0.717, 1.165) is 18.4 Å². The molecule has 0 bridgehead atoms. The van der Waals surface area contributed by atoms with Crippen molar-refractivity contribution in [3.05, 3.63) is 70.5 Å². The average Bonchev–Trinajstić information content (AvgIpc) is 2.99. The second-order valence-electron chi connectivity index (χ2n) is 6.32. The van der Waals surface area contributed by atoms with Crippen LogP contribution in [0.5, 0.6) is 0 Å². The Labute approximate surface area is 146 Å². The van der Waals surface area contributed by atoms with Gasteiger partial charge in [0.1, 0.15) is 5.82 Å². The van der Waals surface area contributed by atoms with Crippen LogP contribution in [-0.2, 0) is 4.79 Å². The van der Waals surface area contributed by atoms with E-state index in [1.54, 1.807) is 24.3 Å². The molecule has 0 radical (unpaired) electrons. The van der Waals surface area contributed by atoms with E-state index in [9.17, 15) is 9.18 Å².